The smallest absolute Gasteiger partial charge is 0.216 e. The Bertz CT molecular complexity index is 459. The van der Waals surface area contributed by atoms with Crippen molar-refractivity contribution in [3.8, 4) is 0 Å². The summed E-state index contributed by atoms with van der Waals surface area (Å²) in [6, 6.07) is 4.90. The molecule has 0 bridgehead atoms. The molecule has 1 aromatic carbocycles. The lowest BCUT2D eigenvalue weighted by molar-refractivity contribution is -0.119. The second-order valence-corrected chi connectivity index (χ2v) is 4.52. The van der Waals surface area contributed by atoms with Crippen molar-refractivity contribution in [1.29, 1.82) is 0 Å². The number of carbonyl (C=O) groups excluding carboxylic acids is 2. The van der Waals surface area contributed by atoms with Gasteiger partial charge in [-0.05, 0) is 24.5 Å². The van der Waals surface area contributed by atoms with Gasteiger partial charge in [-0.1, -0.05) is 18.2 Å². The van der Waals surface area contributed by atoms with Crippen molar-refractivity contribution < 1.29 is 19.8 Å². The molecule has 0 fully saturated rings. The summed E-state index contributed by atoms with van der Waals surface area (Å²) < 4.78 is 0. The molecule has 0 spiro atoms. The molecule has 5 heteroatoms. The summed E-state index contributed by atoms with van der Waals surface area (Å²) in [5.74, 6) is -0.173. The molecule has 104 valence electrons. The highest BCUT2D eigenvalue weighted by atomic mass is 16.3. The van der Waals surface area contributed by atoms with E-state index in [4.69, 9.17) is 0 Å². The summed E-state index contributed by atoms with van der Waals surface area (Å²) in [6.07, 6.45) is -0.991. The second-order valence-electron chi connectivity index (χ2n) is 4.52. The Morgan fingerprint density at radius 1 is 1.42 bits per heavy atom. The maximum atomic E-state index is 10.7. The normalized spacial score (nSPS) is 13.7. The Hall–Kier alpha value is -1.72. The first-order valence-electron chi connectivity index (χ1n) is 6.12. The molecule has 1 rings (SSSR count). The van der Waals surface area contributed by atoms with E-state index in [1.807, 2.05) is 0 Å². The standard InChI is InChI=1S/C14H19NO4/c1-9-7-11(3-4-12(9)8-16)14(19)13(18)5-6-15-10(2)17/h3-4,7-8,13-14,18-19H,5-6H2,1-2H3,(H,15,17). The molecule has 2 unspecified atom stereocenters. The highest BCUT2D eigenvalue weighted by Gasteiger charge is 2.18. The van der Waals surface area contributed by atoms with E-state index in [1.54, 1.807) is 25.1 Å². The molecule has 0 saturated heterocycles. The summed E-state index contributed by atoms with van der Waals surface area (Å²) in [4.78, 5) is 21.4. The lowest BCUT2D eigenvalue weighted by Gasteiger charge is -2.19. The zero-order valence-corrected chi connectivity index (χ0v) is 11.1. The molecule has 1 amide bonds. The molecule has 0 heterocycles. The van der Waals surface area contributed by atoms with Crippen LogP contribution in [-0.4, -0.2) is 35.1 Å². The molecule has 3 N–H and O–H groups in total. The SMILES string of the molecule is CC(=O)NCCC(O)C(O)c1ccc(C=O)c(C)c1. The van der Waals surface area contributed by atoms with Gasteiger partial charge in [0.05, 0.1) is 6.10 Å². The van der Waals surface area contributed by atoms with Gasteiger partial charge in [-0.25, -0.2) is 0 Å². The molecule has 2 atom stereocenters. The largest absolute Gasteiger partial charge is 0.390 e. The summed E-state index contributed by atoms with van der Waals surface area (Å²) in [6.45, 7) is 3.47. The minimum Gasteiger partial charge on any atom is -0.390 e. The molecule has 19 heavy (non-hydrogen) atoms. The van der Waals surface area contributed by atoms with Crippen molar-refractivity contribution >= 4 is 12.2 Å². The monoisotopic (exact) mass is 265 g/mol. The quantitative estimate of drug-likeness (QED) is 0.662. The molecule has 0 aromatic heterocycles. The fourth-order valence-electron chi connectivity index (χ4n) is 1.79. The maximum absolute atomic E-state index is 10.7. The highest BCUT2D eigenvalue weighted by molar-refractivity contribution is 5.77. The predicted octanol–water partition coefficient (Wildman–Crippen LogP) is 0.728. The van der Waals surface area contributed by atoms with Crippen molar-refractivity contribution in [2.75, 3.05) is 6.54 Å². The lowest BCUT2D eigenvalue weighted by Crippen LogP contribution is -2.27. The molecule has 0 saturated carbocycles. The molecular weight excluding hydrogens is 246 g/mol. The average molecular weight is 265 g/mol. The Labute approximate surface area is 112 Å². The molecular formula is C14H19NO4. The molecule has 1 aromatic rings. The van der Waals surface area contributed by atoms with Gasteiger partial charge < -0.3 is 15.5 Å². The van der Waals surface area contributed by atoms with Gasteiger partial charge in [0.15, 0.2) is 0 Å². The van der Waals surface area contributed by atoms with Crippen LogP contribution in [0.4, 0.5) is 0 Å². The first kappa shape index (κ1) is 15.3. The van der Waals surface area contributed by atoms with E-state index in [0.29, 0.717) is 17.7 Å². The zero-order valence-electron chi connectivity index (χ0n) is 11.1. The maximum Gasteiger partial charge on any atom is 0.216 e. The Kier molecular flexibility index (Phi) is 5.66. The average Bonchev–Trinajstić information content (AvgIpc) is 2.37. The van der Waals surface area contributed by atoms with Gasteiger partial charge >= 0.3 is 0 Å². The topological polar surface area (TPSA) is 86.6 Å². The van der Waals surface area contributed by atoms with E-state index in [1.165, 1.54) is 6.92 Å². The first-order valence-corrected chi connectivity index (χ1v) is 6.12. The van der Waals surface area contributed by atoms with E-state index >= 15 is 0 Å². The number of aliphatic hydroxyl groups excluding tert-OH is 2. The number of benzene rings is 1. The van der Waals surface area contributed by atoms with Gasteiger partial charge in [0, 0.05) is 19.0 Å². The number of carbonyl (C=O) groups is 2. The fraction of sp³-hybridized carbons (Fsp3) is 0.429. The van der Waals surface area contributed by atoms with E-state index in [-0.39, 0.29) is 12.3 Å². The van der Waals surface area contributed by atoms with E-state index in [0.717, 1.165) is 11.8 Å². The molecule has 0 radical (unpaired) electrons. The van der Waals surface area contributed by atoms with Gasteiger partial charge in [0.1, 0.15) is 12.4 Å². The van der Waals surface area contributed by atoms with Crippen LogP contribution >= 0.6 is 0 Å². The summed E-state index contributed by atoms with van der Waals surface area (Å²) in [5, 5.41) is 22.4. The minimum absolute atomic E-state index is 0.173. The third-order valence-electron chi connectivity index (χ3n) is 2.94. The van der Waals surface area contributed by atoms with Crippen LogP contribution in [-0.2, 0) is 4.79 Å². The van der Waals surface area contributed by atoms with Crippen LogP contribution in [0.25, 0.3) is 0 Å². The Balaban J connectivity index is 2.65. The molecule has 0 aliphatic rings. The van der Waals surface area contributed by atoms with Gasteiger partial charge in [-0.15, -0.1) is 0 Å². The first-order chi connectivity index (χ1) is 8.95. The second kappa shape index (κ2) is 7.01. The third-order valence-corrected chi connectivity index (χ3v) is 2.94. The predicted molar refractivity (Wildman–Crippen MR) is 70.8 cm³/mol. The summed E-state index contributed by atoms with van der Waals surface area (Å²) in [5.41, 5.74) is 1.86. The van der Waals surface area contributed by atoms with Crippen molar-refractivity contribution in [3.05, 3.63) is 34.9 Å². The van der Waals surface area contributed by atoms with Crippen LogP contribution in [0.15, 0.2) is 18.2 Å². The Morgan fingerprint density at radius 2 is 2.11 bits per heavy atom. The van der Waals surface area contributed by atoms with Crippen molar-refractivity contribution in [2.45, 2.75) is 32.5 Å². The van der Waals surface area contributed by atoms with Gasteiger partial charge in [0.2, 0.25) is 5.91 Å². The number of aliphatic hydroxyl groups is 2. The highest BCUT2D eigenvalue weighted by Crippen LogP contribution is 2.21. The van der Waals surface area contributed by atoms with Gasteiger partial charge in [-0.2, -0.15) is 0 Å². The minimum atomic E-state index is -1.03. The van der Waals surface area contributed by atoms with Crippen molar-refractivity contribution in [3.63, 3.8) is 0 Å². The van der Waals surface area contributed by atoms with Gasteiger partial charge in [-0.3, -0.25) is 9.59 Å². The third kappa shape index (κ3) is 4.46. The zero-order chi connectivity index (χ0) is 14.4. The van der Waals surface area contributed by atoms with Gasteiger partial charge in [0.25, 0.3) is 0 Å². The number of amides is 1. The number of nitrogens with one attached hydrogen (secondary N) is 1. The van der Waals surface area contributed by atoms with Crippen molar-refractivity contribution in [2.24, 2.45) is 0 Å². The van der Waals surface area contributed by atoms with Crippen LogP contribution in [0.5, 0.6) is 0 Å². The number of aryl methyl sites for hydroxylation is 1. The number of hydrogen-bond donors (Lipinski definition) is 3. The van der Waals surface area contributed by atoms with Crippen molar-refractivity contribution in [1.82, 2.24) is 5.32 Å². The van der Waals surface area contributed by atoms with Crippen LogP contribution < -0.4 is 5.32 Å². The molecule has 0 aliphatic heterocycles. The van der Waals surface area contributed by atoms with Crippen LogP contribution in [0, 0.1) is 6.92 Å². The molecule has 5 nitrogen and oxygen atoms in total. The number of aldehydes is 1. The van der Waals surface area contributed by atoms with Crippen LogP contribution in [0.3, 0.4) is 0 Å². The number of hydrogen-bond acceptors (Lipinski definition) is 4. The molecule has 0 aliphatic carbocycles. The Morgan fingerprint density at radius 3 is 2.63 bits per heavy atom. The van der Waals surface area contributed by atoms with E-state index in [2.05, 4.69) is 5.32 Å². The van der Waals surface area contributed by atoms with Crippen LogP contribution in [0.2, 0.25) is 0 Å². The summed E-state index contributed by atoms with van der Waals surface area (Å²) >= 11 is 0. The van der Waals surface area contributed by atoms with E-state index in [9.17, 15) is 19.8 Å². The summed E-state index contributed by atoms with van der Waals surface area (Å²) in [7, 11) is 0. The fourth-order valence-corrected chi connectivity index (χ4v) is 1.79. The number of rotatable bonds is 6. The van der Waals surface area contributed by atoms with Crippen LogP contribution in [0.1, 0.15) is 40.9 Å². The lowest BCUT2D eigenvalue weighted by atomic mass is 9.98. The van der Waals surface area contributed by atoms with E-state index < -0.39 is 12.2 Å².